The average Bonchev–Trinajstić information content (AvgIpc) is 3.01. The predicted molar refractivity (Wildman–Crippen MR) is 88.1 cm³/mol. The first-order chi connectivity index (χ1) is 11.6. The molecular weight excluding hydrogens is 306 g/mol. The highest BCUT2D eigenvalue weighted by Crippen LogP contribution is 2.34. The summed E-state index contributed by atoms with van der Waals surface area (Å²) in [6.07, 6.45) is 3.07. The number of fused-ring (bicyclic) bond motifs is 2. The second-order valence-corrected chi connectivity index (χ2v) is 5.56. The molecule has 0 atom stereocenters. The Bertz CT molecular complexity index is 1070. The van der Waals surface area contributed by atoms with Crippen LogP contribution < -0.4 is 0 Å². The number of hydrogen-bond acceptors (Lipinski definition) is 3. The number of aromatic amines is 1. The summed E-state index contributed by atoms with van der Waals surface area (Å²) in [4.78, 5) is 38.2. The smallest absolute Gasteiger partial charge is 0.335 e. The van der Waals surface area contributed by atoms with E-state index in [2.05, 4.69) is 4.98 Å². The van der Waals surface area contributed by atoms with Crippen LogP contribution in [0.3, 0.4) is 0 Å². The number of benzene rings is 2. The molecule has 2 aromatic carbocycles. The van der Waals surface area contributed by atoms with E-state index >= 15 is 0 Å². The number of carboxylic acid groups (broad SMARTS) is 1. The lowest BCUT2D eigenvalue weighted by Crippen LogP contribution is -2.18. The van der Waals surface area contributed by atoms with Crippen molar-refractivity contribution >= 4 is 34.0 Å². The first kappa shape index (κ1) is 14.1. The van der Waals surface area contributed by atoms with Gasteiger partial charge in [-0.15, -0.1) is 0 Å². The summed E-state index contributed by atoms with van der Waals surface area (Å²) < 4.78 is 0. The van der Waals surface area contributed by atoms with Crippen LogP contribution in [0.5, 0.6) is 0 Å². The molecule has 0 aliphatic heterocycles. The molecule has 1 aliphatic carbocycles. The first-order valence-electron chi connectivity index (χ1n) is 7.31. The van der Waals surface area contributed by atoms with Crippen LogP contribution in [0.1, 0.15) is 31.8 Å². The molecule has 3 aromatic rings. The molecule has 0 saturated carbocycles. The van der Waals surface area contributed by atoms with Gasteiger partial charge in [0.15, 0.2) is 0 Å². The fourth-order valence-electron chi connectivity index (χ4n) is 3.03. The van der Waals surface area contributed by atoms with Gasteiger partial charge in [-0.2, -0.15) is 0 Å². The Morgan fingerprint density at radius 2 is 1.71 bits per heavy atom. The minimum atomic E-state index is -1.00. The van der Waals surface area contributed by atoms with Crippen LogP contribution in [0.25, 0.3) is 16.5 Å². The number of ketones is 2. The van der Waals surface area contributed by atoms with Gasteiger partial charge in [-0.1, -0.05) is 30.3 Å². The SMILES string of the molecule is O=C1C=C(c2c[nH]c3cc(C(=O)O)ccc23)c2ccccc2C1=O. The average molecular weight is 317 g/mol. The Labute approximate surface area is 136 Å². The van der Waals surface area contributed by atoms with Crippen molar-refractivity contribution in [1.82, 2.24) is 4.98 Å². The van der Waals surface area contributed by atoms with Gasteiger partial charge in [-0.05, 0) is 29.3 Å². The topological polar surface area (TPSA) is 87.2 Å². The van der Waals surface area contributed by atoms with E-state index in [1.807, 2.05) is 6.07 Å². The number of nitrogens with one attached hydrogen (secondary N) is 1. The van der Waals surface area contributed by atoms with Gasteiger partial charge in [0.1, 0.15) is 0 Å². The number of aromatic carboxylic acids is 1. The highest BCUT2D eigenvalue weighted by atomic mass is 16.4. The van der Waals surface area contributed by atoms with Gasteiger partial charge >= 0.3 is 5.97 Å². The molecular formula is C19H11NO4. The largest absolute Gasteiger partial charge is 0.478 e. The monoisotopic (exact) mass is 317 g/mol. The van der Waals surface area contributed by atoms with Crippen molar-refractivity contribution in [3.8, 4) is 0 Å². The summed E-state index contributed by atoms with van der Waals surface area (Å²) in [5, 5.41) is 9.88. The Hall–Kier alpha value is -3.47. The third kappa shape index (κ3) is 1.99. The van der Waals surface area contributed by atoms with Crippen molar-refractivity contribution in [2.45, 2.75) is 0 Å². The van der Waals surface area contributed by atoms with E-state index in [1.54, 1.807) is 36.5 Å². The van der Waals surface area contributed by atoms with Crippen molar-refractivity contribution in [1.29, 1.82) is 0 Å². The molecule has 2 N–H and O–H groups in total. The van der Waals surface area contributed by atoms with Gasteiger partial charge in [-0.3, -0.25) is 9.59 Å². The molecule has 24 heavy (non-hydrogen) atoms. The quantitative estimate of drug-likeness (QED) is 0.711. The second kappa shape index (κ2) is 5.03. The van der Waals surface area contributed by atoms with Crippen molar-refractivity contribution < 1.29 is 19.5 Å². The van der Waals surface area contributed by atoms with Crippen LogP contribution in [0.4, 0.5) is 0 Å². The van der Waals surface area contributed by atoms with Crippen molar-refractivity contribution in [2.24, 2.45) is 0 Å². The summed E-state index contributed by atoms with van der Waals surface area (Å²) in [6, 6.07) is 11.7. The summed E-state index contributed by atoms with van der Waals surface area (Å²) in [5.74, 6) is -2.07. The Morgan fingerprint density at radius 3 is 2.46 bits per heavy atom. The number of allylic oxidation sites excluding steroid dienone is 1. The molecule has 4 rings (SSSR count). The number of carbonyl (C=O) groups is 3. The lowest BCUT2D eigenvalue weighted by Gasteiger charge is -2.15. The van der Waals surface area contributed by atoms with Gasteiger partial charge in [-0.25, -0.2) is 4.79 Å². The summed E-state index contributed by atoms with van der Waals surface area (Å²) in [7, 11) is 0. The van der Waals surface area contributed by atoms with Crippen LogP contribution in [-0.2, 0) is 4.79 Å². The number of aromatic nitrogens is 1. The molecule has 0 unspecified atom stereocenters. The lowest BCUT2D eigenvalue weighted by atomic mass is 9.85. The summed E-state index contributed by atoms with van der Waals surface area (Å²) >= 11 is 0. The van der Waals surface area contributed by atoms with Crippen LogP contribution >= 0.6 is 0 Å². The Morgan fingerprint density at radius 1 is 0.958 bits per heavy atom. The fourth-order valence-corrected chi connectivity index (χ4v) is 3.03. The normalized spacial score (nSPS) is 13.8. The number of hydrogen-bond donors (Lipinski definition) is 2. The zero-order valence-corrected chi connectivity index (χ0v) is 12.4. The number of H-pyrrole nitrogens is 1. The van der Waals surface area contributed by atoms with Crippen molar-refractivity contribution in [3.05, 3.63) is 77.0 Å². The van der Waals surface area contributed by atoms with E-state index in [9.17, 15) is 14.4 Å². The predicted octanol–water partition coefficient (Wildman–Crippen LogP) is 3.06. The minimum absolute atomic E-state index is 0.181. The van der Waals surface area contributed by atoms with Gasteiger partial charge in [0, 0.05) is 28.2 Å². The van der Waals surface area contributed by atoms with Crippen LogP contribution in [-0.4, -0.2) is 27.6 Å². The minimum Gasteiger partial charge on any atom is -0.478 e. The van der Waals surface area contributed by atoms with E-state index in [1.165, 1.54) is 12.1 Å². The lowest BCUT2D eigenvalue weighted by molar-refractivity contribution is -0.111. The number of Topliss-reactive ketones (excluding diaryl/α,β-unsaturated/α-hetero) is 1. The standard InChI is InChI=1S/C19H11NO4/c21-17-8-14(11-3-1-2-4-13(11)18(17)22)15-9-20-16-7-10(19(23)24)5-6-12(15)16/h1-9,20H,(H,23,24). The fraction of sp³-hybridized carbons (Fsp3) is 0. The maximum atomic E-state index is 12.0. The molecule has 0 fully saturated rings. The number of carboxylic acids is 1. The third-order valence-corrected chi connectivity index (χ3v) is 4.18. The maximum absolute atomic E-state index is 12.0. The molecule has 5 heteroatoms. The van der Waals surface area contributed by atoms with E-state index in [0.29, 0.717) is 22.2 Å². The molecule has 0 amide bonds. The van der Waals surface area contributed by atoms with Crippen LogP contribution in [0.15, 0.2) is 54.7 Å². The number of carbonyl (C=O) groups excluding carboxylic acids is 2. The van der Waals surface area contributed by atoms with E-state index in [0.717, 1.165) is 10.9 Å². The van der Waals surface area contributed by atoms with Crippen molar-refractivity contribution in [3.63, 3.8) is 0 Å². The highest BCUT2D eigenvalue weighted by molar-refractivity contribution is 6.51. The molecule has 0 saturated heterocycles. The zero-order valence-electron chi connectivity index (χ0n) is 12.4. The molecule has 1 aromatic heterocycles. The first-order valence-corrected chi connectivity index (χ1v) is 7.31. The maximum Gasteiger partial charge on any atom is 0.335 e. The van der Waals surface area contributed by atoms with Crippen LogP contribution in [0, 0.1) is 0 Å². The van der Waals surface area contributed by atoms with E-state index in [-0.39, 0.29) is 5.56 Å². The highest BCUT2D eigenvalue weighted by Gasteiger charge is 2.27. The molecule has 0 spiro atoms. The number of rotatable bonds is 2. The van der Waals surface area contributed by atoms with Crippen LogP contribution in [0.2, 0.25) is 0 Å². The zero-order chi connectivity index (χ0) is 16.8. The Kier molecular flexibility index (Phi) is 2.96. The molecule has 1 aliphatic rings. The third-order valence-electron chi connectivity index (χ3n) is 4.18. The van der Waals surface area contributed by atoms with Gasteiger partial charge < -0.3 is 10.1 Å². The van der Waals surface area contributed by atoms with Gasteiger partial charge in [0.05, 0.1) is 5.56 Å². The second-order valence-electron chi connectivity index (χ2n) is 5.56. The molecule has 0 radical (unpaired) electrons. The summed E-state index contributed by atoms with van der Waals surface area (Å²) in [5.41, 5.74) is 3.34. The molecule has 0 bridgehead atoms. The van der Waals surface area contributed by atoms with Gasteiger partial charge in [0.2, 0.25) is 11.6 Å². The van der Waals surface area contributed by atoms with E-state index in [4.69, 9.17) is 5.11 Å². The Balaban J connectivity index is 1.95. The molecule has 1 heterocycles. The molecule has 116 valence electrons. The van der Waals surface area contributed by atoms with Gasteiger partial charge in [0.25, 0.3) is 0 Å². The van der Waals surface area contributed by atoms with E-state index < -0.39 is 17.5 Å². The van der Waals surface area contributed by atoms with Crippen molar-refractivity contribution in [2.75, 3.05) is 0 Å². The molecule has 5 nitrogen and oxygen atoms in total. The summed E-state index contributed by atoms with van der Waals surface area (Å²) in [6.45, 7) is 0.